The Morgan fingerprint density at radius 1 is 1.31 bits per heavy atom. The maximum absolute atomic E-state index is 11.3. The normalized spacial score (nSPS) is 16.8. The average molecular weight is 249 g/mol. The van der Waals surface area contributed by atoms with Gasteiger partial charge in [-0.2, -0.15) is 0 Å². The number of halogens is 1. The molecular formula is C10H17ClN2O3. The Bertz CT molecular complexity index is 242. The van der Waals surface area contributed by atoms with Crippen molar-refractivity contribution in [2.45, 2.75) is 19.3 Å². The summed E-state index contributed by atoms with van der Waals surface area (Å²) in [5.41, 5.74) is 0. The standard InChI is InChI=1S/C10H17ClN2O3/c11-4-1-9(14)13-10(15)12-7-8-2-5-16-6-3-8/h8H,1-7H2,(H2,12,13,14,15). The van der Waals surface area contributed by atoms with Gasteiger partial charge in [0, 0.05) is 32.1 Å². The molecule has 1 rings (SSSR count). The predicted molar refractivity (Wildman–Crippen MR) is 60.4 cm³/mol. The minimum atomic E-state index is -0.443. The lowest BCUT2D eigenvalue weighted by Crippen LogP contribution is -2.42. The van der Waals surface area contributed by atoms with Crippen LogP contribution in [0.2, 0.25) is 0 Å². The fourth-order valence-electron chi connectivity index (χ4n) is 1.51. The molecule has 0 aromatic rings. The Labute approximate surface area is 99.9 Å². The van der Waals surface area contributed by atoms with Crippen molar-refractivity contribution in [1.29, 1.82) is 0 Å². The number of alkyl halides is 1. The van der Waals surface area contributed by atoms with Gasteiger partial charge in [0.2, 0.25) is 5.91 Å². The number of hydrogen-bond donors (Lipinski definition) is 2. The Kier molecular flexibility index (Phi) is 6.18. The van der Waals surface area contributed by atoms with Gasteiger partial charge in [-0.15, -0.1) is 11.6 Å². The minimum absolute atomic E-state index is 0.159. The highest BCUT2D eigenvalue weighted by atomic mass is 35.5. The van der Waals surface area contributed by atoms with Crippen LogP contribution in [0, 0.1) is 5.92 Å². The molecule has 6 heteroatoms. The first kappa shape index (κ1) is 13.3. The lowest BCUT2D eigenvalue weighted by molar-refractivity contribution is -0.119. The summed E-state index contributed by atoms with van der Waals surface area (Å²) in [5.74, 6) is 0.320. The van der Waals surface area contributed by atoms with Gasteiger partial charge in [-0.1, -0.05) is 0 Å². The second-order valence-corrected chi connectivity index (χ2v) is 4.13. The van der Waals surface area contributed by atoms with Crippen molar-refractivity contribution in [1.82, 2.24) is 10.6 Å². The van der Waals surface area contributed by atoms with Crippen molar-refractivity contribution >= 4 is 23.5 Å². The molecule has 0 atom stereocenters. The zero-order valence-electron chi connectivity index (χ0n) is 9.13. The van der Waals surface area contributed by atoms with Gasteiger partial charge in [-0.05, 0) is 18.8 Å². The fourth-order valence-corrected chi connectivity index (χ4v) is 1.68. The van der Waals surface area contributed by atoms with Crippen molar-refractivity contribution in [3.05, 3.63) is 0 Å². The monoisotopic (exact) mass is 248 g/mol. The van der Waals surface area contributed by atoms with Crippen LogP contribution in [-0.2, 0) is 9.53 Å². The summed E-state index contributed by atoms with van der Waals surface area (Å²) in [4.78, 5) is 22.3. The number of carbonyl (C=O) groups is 2. The highest BCUT2D eigenvalue weighted by Crippen LogP contribution is 2.12. The third kappa shape index (κ3) is 5.32. The summed E-state index contributed by atoms with van der Waals surface area (Å²) in [6, 6.07) is -0.443. The maximum Gasteiger partial charge on any atom is 0.321 e. The third-order valence-corrected chi connectivity index (χ3v) is 2.66. The lowest BCUT2D eigenvalue weighted by atomic mass is 10.0. The van der Waals surface area contributed by atoms with Gasteiger partial charge in [0.1, 0.15) is 0 Å². The van der Waals surface area contributed by atoms with E-state index in [1.54, 1.807) is 0 Å². The number of hydrogen-bond acceptors (Lipinski definition) is 3. The molecule has 0 aromatic carbocycles. The van der Waals surface area contributed by atoms with E-state index in [4.69, 9.17) is 16.3 Å². The summed E-state index contributed by atoms with van der Waals surface area (Å²) in [6.45, 7) is 2.08. The number of urea groups is 1. The van der Waals surface area contributed by atoms with E-state index in [9.17, 15) is 9.59 Å². The SMILES string of the molecule is O=C(CCCl)NC(=O)NCC1CCOCC1. The predicted octanol–water partition coefficient (Wildman–Crippen LogP) is 0.868. The van der Waals surface area contributed by atoms with E-state index in [2.05, 4.69) is 10.6 Å². The molecule has 1 aliphatic rings. The summed E-state index contributed by atoms with van der Waals surface area (Å²) >= 11 is 5.37. The van der Waals surface area contributed by atoms with Crippen LogP contribution in [0.4, 0.5) is 4.79 Å². The molecule has 2 N–H and O–H groups in total. The average Bonchev–Trinajstić information content (AvgIpc) is 2.28. The highest BCUT2D eigenvalue weighted by Gasteiger charge is 2.15. The number of imide groups is 1. The molecule has 0 radical (unpaired) electrons. The van der Waals surface area contributed by atoms with E-state index in [0.717, 1.165) is 26.1 Å². The zero-order valence-corrected chi connectivity index (χ0v) is 9.89. The molecule has 1 fully saturated rings. The Morgan fingerprint density at radius 3 is 2.62 bits per heavy atom. The van der Waals surface area contributed by atoms with Crippen LogP contribution in [-0.4, -0.2) is 37.6 Å². The number of ether oxygens (including phenoxy) is 1. The second-order valence-electron chi connectivity index (χ2n) is 3.75. The first-order valence-corrected chi connectivity index (χ1v) is 5.97. The molecule has 0 unspecified atom stereocenters. The molecule has 5 nitrogen and oxygen atoms in total. The molecule has 1 aliphatic heterocycles. The third-order valence-electron chi connectivity index (χ3n) is 2.47. The highest BCUT2D eigenvalue weighted by molar-refractivity contribution is 6.19. The Balaban J connectivity index is 2.11. The van der Waals surface area contributed by atoms with Crippen molar-refractivity contribution in [2.24, 2.45) is 5.92 Å². The molecule has 0 saturated carbocycles. The van der Waals surface area contributed by atoms with Crippen LogP contribution in [0.1, 0.15) is 19.3 Å². The van der Waals surface area contributed by atoms with E-state index >= 15 is 0 Å². The molecule has 3 amide bonds. The molecule has 0 spiro atoms. The summed E-state index contributed by atoms with van der Waals surface area (Å²) in [5, 5.41) is 4.89. The quantitative estimate of drug-likeness (QED) is 0.726. The second kappa shape index (κ2) is 7.46. The molecular weight excluding hydrogens is 232 g/mol. The van der Waals surface area contributed by atoms with Crippen LogP contribution in [0.25, 0.3) is 0 Å². The van der Waals surface area contributed by atoms with Crippen LogP contribution < -0.4 is 10.6 Å². The zero-order chi connectivity index (χ0) is 11.8. The van der Waals surface area contributed by atoms with E-state index in [1.807, 2.05) is 0 Å². The van der Waals surface area contributed by atoms with Gasteiger partial charge in [-0.25, -0.2) is 4.79 Å². The van der Waals surface area contributed by atoms with Gasteiger partial charge in [0.25, 0.3) is 0 Å². The van der Waals surface area contributed by atoms with Gasteiger partial charge < -0.3 is 10.1 Å². The minimum Gasteiger partial charge on any atom is -0.381 e. The van der Waals surface area contributed by atoms with Gasteiger partial charge >= 0.3 is 6.03 Å². The van der Waals surface area contributed by atoms with Crippen molar-refractivity contribution < 1.29 is 14.3 Å². The van der Waals surface area contributed by atoms with E-state index in [0.29, 0.717) is 12.5 Å². The number of rotatable bonds is 4. The Morgan fingerprint density at radius 2 is 2.00 bits per heavy atom. The molecule has 0 aliphatic carbocycles. The smallest absolute Gasteiger partial charge is 0.321 e. The number of amides is 3. The molecule has 16 heavy (non-hydrogen) atoms. The molecule has 1 heterocycles. The lowest BCUT2D eigenvalue weighted by Gasteiger charge is -2.22. The molecule has 1 saturated heterocycles. The number of carbonyl (C=O) groups excluding carboxylic acids is 2. The van der Waals surface area contributed by atoms with E-state index in [-0.39, 0.29) is 18.2 Å². The van der Waals surface area contributed by atoms with Crippen LogP contribution in [0.3, 0.4) is 0 Å². The number of nitrogens with one attached hydrogen (secondary N) is 2. The molecule has 92 valence electrons. The first-order chi connectivity index (χ1) is 7.72. The summed E-state index contributed by atoms with van der Waals surface area (Å²) in [6.07, 6.45) is 2.07. The van der Waals surface area contributed by atoms with Gasteiger partial charge in [0.15, 0.2) is 0 Å². The van der Waals surface area contributed by atoms with Gasteiger partial charge in [-0.3, -0.25) is 10.1 Å². The van der Waals surface area contributed by atoms with E-state index < -0.39 is 6.03 Å². The maximum atomic E-state index is 11.3. The van der Waals surface area contributed by atoms with Crippen molar-refractivity contribution in [3.8, 4) is 0 Å². The van der Waals surface area contributed by atoms with Gasteiger partial charge in [0.05, 0.1) is 0 Å². The van der Waals surface area contributed by atoms with Crippen LogP contribution in [0.5, 0.6) is 0 Å². The van der Waals surface area contributed by atoms with Crippen LogP contribution in [0.15, 0.2) is 0 Å². The Hall–Kier alpha value is -0.810. The van der Waals surface area contributed by atoms with E-state index in [1.165, 1.54) is 0 Å². The topological polar surface area (TPSA) is 67.4 Å². The fraction of sp³-hybridized carbons (Fsp3) is 0.800. The largest absolute Gasteiger partial charge is 0.381 e. The molecule has 0 bridgehead atoms. The summed E-state index contributed by atoms with van der Waals surface area (Å²) in [7, 11) is 0. The van der Waals surface area contributed by atoms with Crippen molar-refractivity contribution in [3.63, 3.8) is 0 Å². The first-order valence-electron chi connectivity index (χ1n) is 5.43. The summed E-state index contributed by atoms with van der Waals surface area (Å²) < 4.78 is 5.21. The van der Waals surface area contributed by atoms with Crippen LogP contribution >= 0.6 is 11.6 Å². The molecule has 0 aromatic heterocycles. The van der Waals surface area contributed by atoms with Crippen molar-refractivity contribution in [2.75, 3.05) is 25.6 Å².